The van der Waals surface area contributed by atoms with Gasteiger partial charge in [0.05, 0.1) is 0 Å². The van der Waals surface area contributed by atoms with Gasteiger partial charge in [-0.25, -0.2) is 0 Å². The van der Waals surface area contributed by atoms with Gasteiger partial charge >= 0.3 is 17.9 Å². The molecular weight excluding hydrogens is 937 g/mol. The van der Waals surface area contributed by atoms with E-state index in [1.807, 2.05) is 0 Å². The van der Waals surface area contributed by atoms with E-state index in [-0.39, 0.29) is 31.1 Å². The van der Waals surface area contributed by atoms with Crippen LogP contribution in [-0.2, 0) is 28.6 Å². The molecule has 0 amide bonds. The molecule has 1 unspecified atom stereocenters. The van der Waals surface area contributed by atoms with Gasteiger partial charge in [-0.15, -0.1) is 0 Å². The van der Waals surface area contributed by atoms with Gasteiger partial charge in [0.1, 0.15) is 13.2 Å². The van der Waals surface area contributed by atoms with Crippen molar-refractivity contribution in [1.82, 2.24) is 0 Å². The highest BCUT2D eigenvalue weighted by molar-refractivity contribution is 5.71. The minimum atomic E-state index is -0.787. The maximum absolute atomic E-state index is 12.9. The van der Waals surface area contributed by atoms with Crippen LogP contribution in [0, 0.1) is 0 Å². The van der Waals surface area contributed by atoms with Crippen molar-refractivity contribution in [3.8, 4) is 0 Å². The van der Waals surface area contributed by atoms with E-state index < -0.39 is 6.10 Å². The highest BCUT2D eigenvalue weighted by atomic mass is 16.6. The van der Waals surface area contributed by atoms with Crippen LogP contribution in [0.1, 0.15) is 361 Å². The summed E-state index contributed by atoms with van der Waals surface area (Å²) < 4.78 is 16.9. The van der Waals surface area contributed by atoms with Crippen molar-refractivity contribution in [2.45, 2.75) is 367 Å². The lowest BCUT2D eigenvalue weighted by molar-refractivity contribution is -0.167. The Labute approximate surface area is 473 Å². The summed E-state index contributed by atoms with van der Waals surface area (Å²) in [6, 6.07) is 0. The van der Waals surface area contributed by atoms with Crippen LogP contribution in [0.5, 0.6) is 0 Å². The van der Waals surface area contributed by atoms with Crippen LogP contribution in [0.15, 0.2) is 48.6 Å². The predicted molar refractivity (Wildman–Crippen MR) is 330 cm³/mol. The van der Waals surface area contributed by atoms with Gasteiger partial charge in [-0.2, -0.15) is 0 Å². The van der Waals surface area contributed by atoms with Gasteiger partial charge in [0, 0.05) is 19.3 Å². The number of carbonyl (C=O) groups excluding carboxylic acids is 3. The number of hydrogen-bond acceptors (Lipinski definition) is 6. The summed E-state index contributed by atoms with van der Waals surface area (Å²) >= 11 is 0. The first-order chi connectivity index (χ1) is 37.5. The highest BCUT2D eigenvalue weighted by Crippen LogP contribution is 2.18. The molecule has 0 aliphatic carbocycles. The zero-order valence-electron chi connectivity index (χ0n) is 51.0. The van der Waals surface area contributed by atoms with E-state index in [9.17, 15) is 14.4 Å². The monoisotopic (exact) mass is 1060 g/mol. The normalized spacial score (nSPS) is 12.3. The van der Waals surface area contributed by atoms with Crippen molar-refractivity contribution in [3.05, 3.63) is 48.6 Å². The Hall–Kier alpha value is -2.63. The van der Waals surface area contributed by atoms with Gasteiger partial charge in [0.15, 0.2) is 6.10 Å². The lowest BCUT2D eigenvalue weighted by Gasteiger charge is -2.18. The molecule has 0 radical (unpaired) electrons. The second-order valence-electron chi connectivity index (χ2n) is 22.7. The molecule has 444 valence electrons. The molecule has 6 heteroatoms. The molecule has 0 aliphatic heterocycles. The first-order valence-corrected chi connectivity index (χ1v) is 33.6. The lowest BCUT2D eigenvalue weighted by atomic mass is 10.0. The van der Waals surface area contributed by atoms with Gasteiger partial charge in [-0.1, -0.05) is 333 Å². The molecule has 0 N–H and O–H groups in total. The first kappa shape index (κ1) is 73.4. The number of unbranched alkanes of at least 4 members (excludes halogenated alkanes) is 43. The van der Waals surface area contributed by atoms with Crippen molar-refractivity contribution < 1.29 is 28.6 Å². The third kappa shape index (κ3) is 62.2. The van der Waals surface area contributed by atoms with Crippen LogP contribution >= 0.6 is 0 Å². The van der Waals surface area contributed by atoms with Crippen molar-refractivity contribution in [2.24, 2.45) is 0 Å². The van der Waals surface area contributed by atoms with E-state index in [1.165, 1.54) is 238 Å². The smallest absolute Gasteiger partial charge is 0.306 e. The first-order valence-electron chi connectivity index (χ1n) is 33.6. The van der Waals surface area contributed by atoms with Crippen molar-refractivity contribution >= 4 is 17.9 Å². The van der Waals surface area contributed by atoms with Crippen molar-refractivity contribution in [1.29, 1.82) is 0 Å². The molecule has 0 saturated heterocycles. The lowest BCUT2D eigenvalue weighted by Crippen LogP contribution is -2.30. The zero-order chi connectivity index (χ0) is 55.0. The topological polar surface area (TPSA) is 78.9 Å². The number of ether oxygens (including phenoxy) is 3. The molecule has 0 aromatic heterocycles. The molecule has 0 saturated carbocycles. The molecule has 0 aliphatic rings. The van der Waals surface area contributed by atoms with Crippen molar-refractivity contribution in [2.75, 3.05) is 13.2 Å². The Balaban J connectivity index is 4.24. The predicted octanol–water partition coefficient (Wildman–Crippen LogP) is 22.9. The summed E-state index contributed by atoms with van der Waals surface area (Å²) in [6.45, 7) is 6.56. The van der Waals surface area contributed by atoms with E-state index in [2.05, 4.69) is 69.4 Å². The van der Waals surface area contributed by atoms with E-state index in [4.69, 9.17) is 14.2 Å². The van der Waals surface area contributed by atoms with Crippen LogP contribution in [0.25, 0.3) is 0 Å². The van der Waals surface area contributed by atoms with Crippen LogP contribution in [0.4, 0.5) is 0 Å². The molecule has 0 heterocycles. The molecule has 1 atom stereocenters. The van der Waals surface area contributed by atoms with Crippen LogP contribution in [0.3, 0.4) is 0 Å². The summed E-state index contributed by atoms with van der Waals surface area (Å²) in [6.07, 6.45) is 81.4. The van der Waals surface area contributed by atoms with Gasteiger partial charge in [0.2, 0.25) is 0 Å². The third-order valence-electron chi connectivity index (χ3n) is 15.1. The standard InChI is InChI=1S/C70H128O6/c1-4-7-10-13-16-19-22-25-28-30-31-32-33-34-35-36-37-38-39-40-43-45-48-51-54-57-60-63-69(72)75-66-67(65-74-68(71)62-59-56-53-50-47-44-41-27-24-21-18-15-12-9-6-3)76-70(73)64-61-58-55-52-49-46-42-29-26-23-20-17-14-11-8-5-2/h9,12,18,21,27,41,47,50,67H,4-8,10-11,13-17,19-20,22-26,28-40,42-46,48-49,51-66H2,1-3H3/b12-9-,21-18-,41-27-,50-47-. The largest absolute Gasteiger partial charge is 0.462 e. The van der Waals surface area contributed by atoms with E-state index >= 15 is 0 Å². The number of rotatable bonds is 62. The van der Waals surface area contributed by atoms with Crippen LogP contribution in [0.2, 0.25) is 0 Å². The fourth-order valence-corrected chi connectivity index (χ4v) is 10.1. The molecule has 0 bridgehead atoms. The Kier molecular flexibility index (Phi) is 62.6. The van der Waals surface area contributed by atoms with Crippen LogP contribution < -0.4 is 0 Å². The molecule has 0 fully saturated rings. The average molecular weight is 1070 g/mol. The molecular formula is C70H128O6. The minimum Gasteiger partial charge on any atom is -0.462 e. The Morgan fingerprint density at radius 2 is 0.513 bits per heavy atom. The van der Waals surface area contributed by atoms with Crippen molar-refractivity contribution in [3.63, 3.8) is 0 Å². The summed E-state index contributed by atoms with van der Waals surface area (Å²) in [7, 11) is 0. The minimum absolute atomic E-state index is 0.0812. The maximum atomic E-state index is 12.9. The summed E-state index contributed by atoms with van der Waals surface area (Å²) in [5, 5.41) is 0. The quantitative estimate of drug-likeness (QED) is 0.0261. The van der Waals surface area contributed by atoms with Gasteiger partial charge < -0.3 is 14.2 Å². The SMILES string of the molecule is CC/C=C\C/C=C\C/C=C\C/C=C\CCCCC(=O)OCC(COC(=O)CCCCCCCCCCCCCCCCCCCCCCCCCCCCC)OC(=O)CCCCCCCCCCCCCCCCCC. The average Bonchev–Trinajstić information content (AvgIpc) is 3.42. The van der Waals surface area contributed by atoms with Gasteiger partial charge in [-0.3, -0.25) is 14.4 Å². The second kappa shape index (κ2) is 64.9. The van der Waals surface area contributed by atoms with E-state index in [1.54, 1.807) is 0 Å². The van der Waals surface area contributed by atoms with Crippen LogP contribution in [-0.4, -0.2) is 37.2 Å². The molecule has 0 rings (SSSR count). The van der Waals surface area contributed by atoms with E-state index in [0.717, 1.165) is 83.5 Å². The summed E-state index contributed by atoms with van der Waals surface area (Å²) in [5.74, 6) is -0.900. The van der Waals surface area contributed by atoms with Gasteiger partial charge in [0.25, 0.3) is 0 Å². The molecule has 76 heavy (non-hydrogen) atoms. The Morgan fingerprint density at radius 3 is 0.803 bits per heavy atom. The van der Waals surface area contributed by atoms with Gasteiger partial charge in [-0.05, 0) is 57.8 Å². The number of hydrogen-bond donors (Lipinski definition) is 0. The second-order valence-corrected chi connectivity index (χ2v) is 22.7. The third-order valence-corrected chi connectivity index (χ3v) is 15.1. The maximum Gasteiger partial charge on any atom is 0.306 e. The molecule has 0 aromatic rings. The Morgan fingerprint density at radius 1 is 0.276 bits per heavy atom. The molecule has 0 spiro atoms. The number of allylic oxidation sites excluding steroid dienone is 8. The Bertz CT molecular complexity index is 1310. The molecule has 6 nitrogen and oxygen atoms in total. The summed E-state index contributed by atoms with van der Waals surface area (Å²) in [5.41, 5.74) is 0. The highest BCUT2D eigenvalue weighted by Gasteiger charge is 2.19. The molecule has 0 aromatic carbocycles. The fraction of sp³-hybridized carbons (Fsp3) is 0.843. The summed E-state index contributed by atoms with van der Waals surface area (Å²) in [4.78, 5) is 38.3. The fourth-order valence-electron chi connectivity index (χ4n) is 10.1. The number of esters is 3. The van der Waals surface area contributed by atoms with E-state index in [0.29, 0.717) is 19.3 Å². The number of carbonyl (C=O) groups is 3. The zero-order valence-corrected chi connectivity index (χ0v) is 51.0.